The van der Waals surface area contributed by atoms with Crippen molar-refractivity contribution in [2.45, 2.75) is 25.0 Å². The van der Waals surface area contributed by atoms with E-state index in [2.05, 4.69) is 0 Å². The number of ether oxygens (including phenoxy) is 2. The van der Waals surface area contributed by atoms with Crippen LogP contribution in [0.1, 0.15) is 29.3 Å². The predicted octanol–water partition coefficient (Wildman–Crippen LogP) is 3.36. The smallest absolute Gasteiger partial charge is 0.295 e. The Morgan fingerprint density at radius 2 is 2.07 bits per heavy atom. The third-order valence-electron chi connectivity index (χ3n) is 5.14. The number of aliphatic hydroxyl groups is 1. The maximum atomic E-state index is 12.9. The summed E-state index contributed by atoms with van der Waals surface area (Å²) in [6.07, 6.45) is 1.73. The number of amides is 1. The Kier molecular flexibility index (Phi) is 5.19. The van der Waals surface area contributed by atoms with Gasteiger partial charge in [0.25, 0.3) is 11.7 Å². The zero-order valence-corrected chi connectivity index (χ0v) is 16.3. The molecule has 0 radical (unpaired) electrons. The first-order valence-electron chi connectivity index (χ1n) is 9.18. The summed E-state index contributed by atoms with van der Waals surface area (Å²) in [7, 11) is 1.56. The topological polar surface area (TPSA) is 76.1 Å². The van der Waals surface area contributed by atoms with Crippen molar-refractivity contribution in [2.75, 3.05) is 20.3 Å². The van der Waals surface area contributed by atoms with Crippen LogP contribution in [0.25, 0.3) is 5.76 Å². The summed E-state index contributed by atoms with van der Waals surface area (Å²) < 4.78 is 10.8. The first kappa shape index (κ1) is 18.7. The van der Waals surface area contributed by atoms with Crippen molar-refractivity contribution in [1.29, 1.82) is 0 Å². The average molecular weight is 399 g/mol. The maximum absolute atomic E-state index is 12.9. The Hall–Kier alpha value is -2.64. The van der Waals surface area contributed by atoms with E-state index in [9.17, 15) is 14.7 Å². The molecule has 1 aromatic heterocycles. The van der Waals surface area contributed by atoms with E-state index in [-0.39, 0.29) is 17.4 Å². The SMILES string of the molecule is COc1ccc(/C(O)=C2\C(=O)C(=O)N(CC3CCCO3)C2c2cccs2)cc1. The standard InChI is InChI=1S/C21H21NO5S/c1-26-14-8-6-13(7-9-14)19(23)17-18(16-5-3-11-28-16)22(21(25)20(17)24)12-15-4-2-10-27-15/h3,5-9,11,15,18,23H,2,4,10,12H2,1H3/b19-17+. The molecule has 146 valence electrons. The van der Waals surface area contributed by atoms with Crippen molar-refractivity contribution in [2.24, 2.45) is 0 Å². The van der Waals surface area contributed by atoms with Gasteiger partial charge in [-0.15, -0.1) is 11.3 Å². The van der Waals surface area contributed by atoms with E-state index in [0.29, 0.717) is 24.5 Å². The van der Waals surface area contributed by atoms with Crippen LogP contribution in [0.5, 0.6) is 5.75 Å². The van der Waals surface area contributed by atoms with Crippen molar-refractivity contribution in [3.63, 3.8) is 0 Å². The van der Waals surface area contributed by atoms with Crippen molar-refractivity contribution in [3.8, 4) is 5.75 Å². The summed E-state index contributed by atoms with van der Waals surface area (Å²) in [6, 6.07) is 9.91. The van der Waals surface area contributed by atoms with Crippen molar-refractivity contribution in [3.05, 3.63) is 57.8 Å². The van der Waals surface area contributed by atoms with Crippen LogP contribution in [0.15, 0.2) is 47.4 Å². The minimum absolute atomic E-state index is 0.0818. The van der Waals surface area contributed by atoms with Crippen LogP contribution in [0.2, 0.25) is 0 Å². The molecule has 0 aliphatic carbocycles. The Balaban J connectivity index is 1.76. The number of methoxy groups -OCH3 is 1. The summed E-state index contributed by atoms with van der Waals surface area (Å²) >= 11 is 1.46. The molecule has 2 saturated heterocycles. The van der Waals surface area contributed by atoms with Gasteiger partial charge in [0.15, 0.2) is 0 Å². The van der Waals surface area contributed by atoms with Crippen molar-refractivity contribution >= 4 is 28.8 Å². The van der Waals surface area contributed by atoms with E-state index >= 15 is 0 Å². The monoisotopic (exact) mass is 399 g/mol. The molecule has 0 saturated carbocycles. The minimum atomic E-state index is -0.662. The molecule has 2 atom stereocenters. The van der Waals surface area contributed by atoms with Crippen LogP contribution in [-0.2, 0) is 14.3 Å². The normalized spacial score (nSPS) is 24.1. The summed E-state index contributed by atoms with van der Waals surface area (Å²) in [4.78, 5) is 28.0. The maximum Gasteiger partial charge on any atom is 0.295 e. The molecule has 3 heterocycles. The molecule has 2 aliphatic rings. The largest absolute Gasteiger partial charge is 0.507 e. The highest BCUT2D eigenvalue weighted by Gasteiger charge is 2.47. The lowest BCUT2D eigenvalue weighted by Crippen LogP contribution is -2.36. The van der Waals surface area contributed by atoms with Gasteiger partial charge < -0.3 is 19.5 Å². The molecule has 1 N–H and O–H groups in total. The minimum Gasteiger partial charge on any atom is -0.507 e. The summed E-state index contributed by atoms with van der Waals surface area (Å²) in [5, 5.41) is 12.8. The number of hydrogen-bond donors (Lipinski definition) is 1. The molecule has 28 heavy (non-hydrogen) atoms. The first-order chi connectivity index (χ1) is 13.6. The fourth-order valence-electron chi connectivity index (χ4n) is 3.72. The van der Waals surface area contributed by atoms with Crippen LogP contribution in [-0.4, -0.2) is 48.1 Å². The van der Waals surface area contributed by atoms with E-state index < -0.39 is 17.7 Å². The molecule has 2 aliphatic heterocycles. The van der Waals surface area contributed by atoms with Crippen molar-refractivity contribution < 1.29 is 24.2 Å². The number of Topliss-reactive ketones (excluding diaryl/α,β-unsaturated/α-hetero) is 1. The number of carbonyl (C=O) groups excluding carboxylic acids is 2. The van der Waals surface area contributed by atoms with Gasteiger partial charge in [0.05, 0.1) is 24.8 Å². The lowest BCUT2D eigenvalue weighted by molar-refractivity contribution is -0.140. The van der Waals surface area contributed by atoms with Gasteiger partial charge in [-0.2, -0.15) is 0 Å². The highest BCUT2D eigenvalue weighted by Crippen LogP contribution is 2.41. The molecule has 6 nitrogen and oxygen atoms in total. The molecular formula is C21H21NO5S. The summed E-state index contributed by atoms with van der Waals surface area (Å²) in [5.74, 6) is -0.784. The van der Waals surface area contributed by atoms with Gasteiger partial charge in [-0.3, -0.25) is 9.59 Å². The summed E-state index contributed by atoms with van der Waals surface area (Å²) in [5.41, 5.74) is 0.591. The van der Waals surface area contributed by atoms with E-state index in [1.165, 1.54) is 11.3 Å². The highest BCUT2D eigenvalue weighted by atomic mass is 32.1. The number of nitrogens with zero attached hydrogens (tertiary/aromatic N) is 1. The van der Waals surface area contributed by atoms with E-state index in [1.54, 1.807) is 36.3 Å². The Morgan fingerprint density at radius 1 is 1.29 bits per heavy atom. The number of rotatable bonds is 5. The fraction of sp³-hybridized carbons (Fsp3) is 0.333. The number of benzene rings is 1. The van der Waals surface area contributed by atoms with E-state index in [0.717, 1.165) is 17.7 Å². The lowest BCUT2D eigenvalue weighted by Gasteiger charge is -2.26. The predicted molar refractivity (Wildman–Crippen MR) is 105 cm³/mol. The quantitative estimate of drug-likeness (QED) is 0.474. The van der Waals surface area contributed by atoms with Crippen LogP contribution in [0.4, 0.5) is 0 Å². The number of thiophene rings is 1. The van der Waals surface area contributed by atoms with Gasteiger partial charge in [-0.1, -0.05) is 6.07 Å². The molecule has 0 spiro atoms. The molecule has 1 amide bonds. The number of aliphatic hydroxyl groups excluding tert-OH is 1. The molecule has 0 bridgehead atoms. The van der Waals surface area contributed by atoms with Gasteiger partial charge >= 0.3 is 0 Å². The Labute approximate surface area is 167 Å². The molecule has 4 rings (SSSR count). The van der Waals surface area contributed by atoms with Crippen LogP contribution in [0, 0.1) is 0 Å². The fourth-order valence-corrected chi connectivity index (χ4v) is 4.57. The van der Waals surface area contributed by atoms with Crippen LogP contribution < -0.4 is 4.74 Å². The Bertz CT molecular complexity index is 897. The zero-order chi connectivity index (χ0) is 19.7. The number of hydrogen-bond acceptors (Lipinski definition) is 6. The second-order valence-corrected chi connectivity index (χ2v) is 7.81. The van der Waals surface area contributed by atoms with Gasteiger partial charge in [0.2, 0.25) is 0 Å². The molecule has 2 aromatic rings. The molecule has 2 unspecified atom stereocenters. The molecule has 7 heteroatoms. The van der Waals surface area contributed by atoms with Gasteiger partial charge in [-0.25, -0.2) is 0 Å². The first-order valence-corrected chi connectivity index (χ1v) is 10.1. The van der Waals surface area contributed by atoms with Crippen LogP contribution in [0.3, 0.4) is 0 Å². The molecule has 1 aromatic carbocycles. The second kappa shape index (κ2) is 7.77. The zero-order valence-electron chi connectivity index (χ0n) is 15.5. The van der Waals surface area contributed by atoms with E-state index in [1.807, 2.05) is 17.5 Å². The number of likely N-dealkylation sites (tertiary alicyclic amines) is 1. The van der Waals surface area contributed by atoms with E-state index in [4.69, 9.17) is 9.47 Å². The number of ketones is 1. The van der Waals surface area contributed by atoms with Gasteiger partial charge in [-0.05, 0) is 48.6 Å². The second-order valence-electron chi connectivity index (χ2n) is 6.83. The molecule has 2 fully saturated rings. The number of carbonyl (C=O) groups is 2. The lowest BCUT2D eigenvalue weighted by atomic mass is 9.99. The van der Waals surface area contributed by atoms with Crippen molar-refractivity contribution in [1.82, 2.24) is 4.90 Å². The van der Waals surface area contributed by atoms with Gasteiger partial charge in [0.1, 0.15) is 11.5 Å². The molecular weight excluding hydrogens is 378 g/mol. The highest BCUT2D eigenvalue weighted by molar-refractivity contribution is 7.10. The summed E-state index contributed by atoms with van der Waals surface area (Å²) in [6.45, 7) is 1.01. The Morgan fingerprint density at radius 3 is 2.68 bits per heavy atom. The average Bonchev–Trinajstić information content (AvgIpc) is 3.46. The van der Waals surface area contributed by atoms with Gasteiger partial charge in [0, 0.05) is 23.6 Å². The third kappa shape index (κ3) is 3.31. The van der Waals surface area contributed by atoms with Crippen LogP contribution >= 0.6 is 11.3 Å². The third-order valence-corrected chi connectivity index (χ3v) is 6.07.